The first-order chi connectivity index (χ1) is 17.8. The van der Waals surface area contributed by atoms with E-state index < -0.39 is 12.6 Å². The number of rotatable bonds is 5. The molecule has 192 valence electrons. The molecule has 1 fully saturated rings. The lowest BCUT2D eigenvalue weighted by molar-refractivity contribution is -0.136. The minimum atomic E-state index is -0.492. The number of piperazine rings is 1. The smallest absolute Gasteiger partial charge is 0.274 e. The Morgan fingerprint density at radius 3 is 2.54 bits per heavy atom. The zero-order chi connectivity index (χ0) is 26.3. The standard InChI is InChI=1S/C27H29FN6O3/c1-17-15-32(10-11-33(17)25(36)16-35)27-29-13-20(14-30-27)19-8-9-22-24(12-19)34(31(3)26(22)37)18(2)21-6-4-5-7-23(21)28/h4-9,12-14,17-18,35H,10-11,15-16H2,1-3H3/t17-,18?/m1/s1. The highest BCUT2D eigenvalue weighted by Gasteiger charge is 2.28. The number of aliphatic hydroxyl groups excluding tert-OH is 1. The highest BCUT2D eigenvalue weighted by atomic mass is 19.1. The van der Waals surface area contributed by atoms with Crippen LogP contribution in [0.4, 0.5) is 10.3 Å². The summed E-state index contributed by atoms with van der Waals surface area (Å²) in [6, 6.07) is 11.7. The fourth-order valence-corrected chi connectivity index (χ4v) is 5.16. The maximum absolute atomic E-state index is 14.6. The third-order valence-corrected chi connectivity index (χ3v) is 7.15. The molecule has 1 aliphatic heterocycles. The molecule has 10 heteroatoms. The van der Waals surface area contributed by atoms with Gasteiger partial charge in [-0.2, -0.15) is 0 Å². The average Bonchev–Trinajstić information content (AvgIpc) is 3.17. The normalized spacial score (nSPS) is 16.8. The highest BCUT2D eigenvalue weighted by molar-refractivity contribution is 5.84. The van der Waals surface area contributed by atoms with Crippen molar-refractivity contribution >= 4 is 22.8 Å². The lowest BCUT2D eigenvalue weighted by Crippen LogP contribution is -2.55. The van der Waals surface area contributed by atoms with E-state index in [1.807, 2.05) is 35.6 Å². The summed E-state index contributed by atoms with van der Waals surface area (Å²) < 4.78 is 17.9. The number of fused-ring (bicyclic) bond motifs is 1. The zero-order valence-electron chi connectivity index (χ0n) is 21.0. The Morgan fingerprint density at radius 2 is 1.86 bits per heavy atom. The number of benzene rings is 2. The number of amides is 1. The molecule has 0 saturated carbocycles. The number of anilines is 1. The Kier molecular flexibility index (Phi) is 6.51. The van der Waals surface area contributed by atoms with Gasteiger partial charge in [-0.05, 0) is 37.6 Å². The molecule has 0 aliphatic carbocycles. The highest BCUT2D eigenvalue weighted by Crippen LogP contribution is 2.28. The second-order valence-corrected chi connectivity index (χ2v) is 9.41. The molecular formula is C27H29FN6O3. The van der Waals surface area contributed by atoms with E-state index in [-0.39, 0.29) is 23.3 Å². The van der Waals surface area contributed by atoms with E-state index in [1.165, 1.54) is 10.7 Å². The van der Waals surface area contributed by atoms with E-state index in [2.05, 4.69) is 9.97 Å². The maximum Gasteiger partial charge on any atom is 0.274 e. The first-order valence-electron chi connectivity index (χ1n) is 12.2. The summed E-state index contributed by atoms with van der Waals surface area (Å²) in [5.74, 6) is -0.0274. The number of hydrogen-bond donors (Lipinski definition) is 1. The molecular weight excluding hydrogens is 475 g/mol. The average molecular weight is 505 g/mol. The summed E-state index contributed by atoms with van der Waals surface area (Å²) in [7, 11) is 1.69. The third-order valence-electron chi connectivity index (χ3n) is 7.15. The minimum absolute atomic E-state index is 0.0645. The van der Waals surface area contributed by atoms with Gasteiger partial charge in [-0.1, -0.05) is 24.3 Å². The van der Waals surface area contributed by atoms with Crippen LogP contribution in [0, 0.1) is 5.82 Å². The van der Waals surface area contributed by atoms with Crippen molar-refractivity contribution in [3.05, 3.63) is 76.6 Å². The fraction of sp³-hybridized carbons (Fsp3) is 0.333. The molecule has 5 rings (SSSR count). The second kappa shape index (κ2) is 9.78. The van der Waals surface area contributed by atoms with Crippen LogP contribution >= 0.6 is 0 Å². The SMILES string of the molecule is CC(c1ccccc1F)n1c2cc(-c3cnc(N4CCN(C(=O)CO)[C@H](C)C4)nc3)ccc2c(=O)n1C. The summed E-state index contributed by atoms with van der Waals surface area (Å²) in [6.45, 7) is 4.96. The second-order valence-electron chi connectivity index (χ2n) is 9.41. The predicted molar refractivity (Wildman–Crippen MR) is 139 cm³/mol. The number of hydrogen-bond acceptors (Lipinski definition) is 6. The van der Waals surface area contributed by atoms with Crippen molar-refractivity contribution in [2.45, 2.75) is 25.9 Å². The molecule has 2 aromatic carbocycles. The largest absolute Gasteiger partial charge is 0.387 e. The molecule has 37 heavy (non-hydrogen) atoms. The third kappa shape index (κ3) is 4.37. The van der Waals surface area contributed by atoms with Gasteiger partial charge in [-0.15, -0.1) is 0 Å². The summed E-state index contributed by atoms with van der Waals surface area (Å²) in [5, 5.41) is 9.71. The Balaban J connectivity index is 1.45. The molecule has 4 aromatic rings. The summed E-state index contributed by atoms with van der Waals surface area (Å²) >= 11 is 0. The molecule has 3 heterocycles. The molecule has 2 atom stereocenters. The van der Waals surface area contributed by atoms with Gasteiger partial charge in [0.2, 0.25) is 11.9 Å². The summed E-state index contributed by atoms with van der Waals surface area (Å²) in [5.41, 5.74) is 2.68. The van der Waals surface area contributed by atoms with Crippen molar-refractivity contribution < 1.29 is 14.3 Å². The van der Waals surface area contributed by atoms with Gasteiger partial charge in [-0.25, -0.2) is 14.4 Å². The molecule has 1 N–H and O–H groups in total. The van der Waals surface area contributed by atoms with Crippen molar-refractivity contribution in [3.8, 4) is 11.1 Å². The van der Waals surface area contributed by atoms with Crippen molar-refractivity contribution in [3.63, 3.8) is 0 Å². The van der Waals surface area contributed by atoms with Gasteiger partial charge < -0.3 is 14.9 Å². The first-order valence-corrected chi connectivity index (χ1v) is 12.2. The summed E-state index contributed by atoms with van der Waals surface area (Å²) in [6.07, 6.45) is 3.48. The number of halogens is 1. The lowest BCUT2D eigenvalue weighted by Gasteiger charge is -2.39. The van der Waals surface area contributed by atoms with Crippen LogP contribution < -0.4 is 10.5 Å². The monoisotopic (exact) mass is 504 g/mol. The van der Waals surface area contributed by atoms with Gasteiger partial charge in [0.1, 0.15) is 12.4 Å². The Bertz CT molecular complexity index is 1510. The van der Waals surface area contributed by atoms with Crippen LogP contribution in [0.1, 0.15) is 25.5 Å². The molecule has 1 amide bonds. The first kappa shape index (κ1) is 24.6. The van der Waals surface area contributed by atoms with E-state index >= 15 is 0 Å². The van der Waals surface area contributed by atoms with Crippen LogP contribution in [0.25, 0.3) is 22.0 Å². The van der Waals surface area contributed by atoms with Crippen molar-refractivity contribution in [1.82, 2.24) is 24.2 Å². The molecule has 2 aromatic heterocycles. The van der Waals surface area contributed by atoms with E-state index in [0.717, 1.165) is 11.1 Å². The van der Waals surface area contributed by atoms with E-state index in [4.69, 9.17) is 5.11 Å². The number of carbonyl (C=O) groups is 1. The van der Waals surface area contributed by atoms with Crippen molar-refractivity contribution in [1.29, 1.82) is 0 Å². The van der Waals surface area contributed by atoms with Gasteiger partial charge in [0.25, 0.3) is 5.56 Å². The van der Waals surface area contributed by atoms with Gasteiger partial charge in [0.05, 0.1) is 16.9 Å². The molecule has 0 bridgehead atoms. The molecule has 0 radical (unpaired) electrons. The van der Waals surface area contributed by atoms with Crippen molar-refractivity contribution in [2.75, 3.05) is 31.1 Å². The van der Waals surface area contributed by atoms with Crippen LogP contribution in [-0.4, -0.2) is 67.5 Å². The molecule has 1 saturated heterocycles. The number of aromatic nitrogens is 4. The Labute approximate surface area is 213 Å². The quantitative estimate of drug-likeness (QED) is 0.449. The van der Waals surface area contributed by atoms with Crippen molar-refractivity contribution in [2.24, 2.45) is 7.05 Å². The van der Waals surface area contributed by atoms with Crippen LogP contribution in [0.5, 0.6) is 0 Å². The molecule has 1 unspecified atom stereocenters. The van der Waals surface area contributed by atoms with Crippen LogP contribution in [-0.2, 0) is 11.8 Å². The van der Waals surface area contributed by atoms with Gasteiger partial charge in [0, 0.05) is 56.2 Å². The minimum Gasteiger partial charge on any atom is -0.387 e. The zero-order valence-corrected chi connectivity index (χ0v) is 21.0. The van der Waals surface area contributed by atoms with E-state index in [1.54, 1.807) is 48.6 Å². The lowest BCUT2D eigenvalue weighted by atomic mass is 10.1. The Hall–Kier alpha value is -4.05. The Morgan fingerprint density at radius 1 is 1.14 bits per heavy atom. The topological polar surface area (TPSA) is 96.5 Å². The van der Waals surface area contributed by atoms with E-state index in [9.17, 15) is 14.0 Å². The molecule has 1 aliphatic rings. The van der Waals surface area contributed by atoms with Gasteiger partial charge in [-0.3, -0.25) is 19.0 Å². The van der Waals surface area contributed by atoms with Crippen LogP contribution in [0.2, 0.25) is 0 Å². The maximum atomic E-state index is 14.6. The number of carbonyl (C=O) groups excluding carboxylic acids is 1. The van der Waals surface area contributed by atoms with E-state index in [0.29, 0.717) is 42.0 Å². The predicted octanol–water partition coefficient (Wildman–Crippen LogP) is 2.57. The summed E-state index contributed by atoms with van der Waals surface area (Å²) in [4.78, 5) is 37.6. The van der Waals surface area contributed by atoms with Crippen LogP contribution in [0.3, 0.4) is 0 Å². The molecule has 0 spiro atoms. The van der Waals surface area contributed by atoms with Gasteiger partial charge >= 0.3 is 0 Å². The number of aliphatic hydroxyl groups is 1. The fourth-order valence-electron chi connectivity index (χ4n) is 5.16. The number of nitrogens with zero attached hydrogens (tertiary/aromatic N) is 6. The molecule has 9 nitrogen and oxygen atoms in total. The van der Waals surface area contributed by atoms with Crippen LogP contribution in [0.15, 0.2) is 59.7 Å². The van der Waals surface area contributed by atoms with Gasteiger partial charge in [0.15, 0.2) is 0 Å².